The highest BCUT2D eigenvalue weighted by Crippen LogP contribution is 2.50. The molecule has 2 aliphatic heterocycles. The number of ether oxygens (including phenoxy) is 1. The Balaban J connectivity index is 0.971. The van der Waals surface area contributed by atoms with Gasteiger partial charge < -0.3 is 25.2 Å². The fourth-order valence-corrected chi connectivity index (χ4v) is 6.89. The molecule has 1 aliphatic carbocycles. The summed E-state index contributed by atoms with van der Waals surface area (Å²) in [6, 6.07) is 18.6. The molecule has 7 rings (SSSR count). The van der Waals surface area contributed by atoms with Crippen LogP contribution in [0.25, 0.3) is 0 Å². The number of hydrogen-bond acceptors (Lipinski definition) is 8. The third kappa shape index (κ3) is 8.09. The van der Waals surface area contributed by atoms with E-state index in [0.717, 1.165) is 18.4 Å². The second-order valence-corrected chi connectivity index (χ2v) is 13.8. The number of carbonyl (C=O) groups excluding carboxylic acids is 3. The largest absolute Gasteiger partial charge is 0.454 e. The number of aromatic nitrogens is 3. The van der Waals surface area contributed by atoms with Gasteiger partial charge in [0.15, 0.2) is 6.61 Å². The number of nitrogens with zero attached hydrogens (tertiary/aromatic N) is 5. The molecular weight excluding hydrogens is 706 g/mol. The Bertz CT molecular complexity index is 1960. The molecule has 3 aromatic carbocycles. The van der Waals surface area contributed by atoms with E-state index in [1.807, 2.05) is 12.1 Å². The van der Waals surface area contributed by atoms with Crippen molar-refractivity contribution in [3.63, 3.8) is 0 Å². The Hall–Kier alpha value is -5.31. The molecule has 1 aromatic heterocycles. The molecule has 2 unspecified atom stereocenters. The van der Waals surface area contributed by atoms with Crippen molar-refractivity contribution in [1.29, 1.82) is 0 Å². The molecule has 2 N–H and O–H groups in total. The average Bonchev–Trinajstić information content (AvgIpc) is 3.61. The molecule has 3 heterocycles. The maximum absolute atomic E-state index is 13.4. The van der Waals surface area contributed by atoms with E-state index in [4.69, 9.17) is 16.3 Å². The lowest BCUT2D eigenvalue weighted by molar-refractivity contribution is -0.154. The zero-order chi connectivity index (χ0) is 36.6. The van der Waals surface area contributed by atoms with Gasteiger partial charge in [-0.05, 0) is 79.1 Å². The number of nitrogens with one attached hydrogen (secondary N) is 2. The number of amides is 3. The molecule has 3 amide bonds. The van der Waals surface area contributed by atoms with Crippen molar-refractivity contribution in [3.8, 4) is 6.01 Å². The Morgan fingerprint density at radius 1 is 0.827 bits per heavy atom. The van der Waals surface area contributed by atoms with Crippen molar-refractivity contribution in [3.05, 3.63) is 101 Å². The van der Waals surface area contributed by atoms with E-state index in [1.54, 1.807) is 41.3 Å². The van der Waals surface area contributed by atoms with E-state index >= 15 is 0 Å². The number of anilines is 3. The minimum absolute atomic E-state index is 0.00808. The summed E-state index contributed by atoms with van der Waals surface area (Å²) < 4.78 is 57.0. The standard InChI is InChI=1S/C36H32ClF4N7O4/c37-25-5-3-24(4-6-25)35(13-14-35)15-29-44-33(46-34(45-29)52-20-36(39,40)41)43-28-9-1-21(2-10-28)31(50)47-16-22-18-48(19-23(22)17-47)32(51)30(49)42-27-11-7-26(38)8-12-27/h1-12,22-23H,13-20H2,(H,42,49)(H,43,44,45,46). The van der Waals surface area contributed by atoms with Gasteiger partial charge >= 0.3 is 24.0 Å². The highest BCUT2D eigenvalue weighted by Gasteiger charge is 2.46. The van der Waals surface area contributed by atoms with Crippen LogP contribution in [0.3, 0.4) is 0 Å². The zero-order valence-corrected chi connectivity index (χ0v) is 28.3. The van der Waals surface area contributed by atoms with Crippen LogP contribution in [0, 0.1) is 17.7 Å². The summed E-state index contributed by atoms with van der Waals surface area (Å²) in [4.78, 5) is 54.6. The van der Waals surface area contributed by atoms with Crippen LogP contribution in [0.1, 0.15) is 34.6 Å². The summed E-state index contributed by atoms with van der Waals surface area (Å²) in [5.41, 5.74) is 1.98. The van der Waals surface area contributed by atoms with E-state index in [9.17, 15) is 31.9 Å². The molecule has 0 bridgehead atoms. The minimum Gasteiger partial charge on any atom is -0.454 e. The number of hydrogen-bond donors (Lipinski definition) is 2. The second-order valence-electron chi connectivity index (χ2n) is 13.3. The van der Waals surface area contributed by atoms with Crippen molar-refractivity contribution in [2.24, 2.45) is 11.8 Å². The minimum atomic E-state index is -4.59. The first kappa shape index (κ1) is 35.1. The normalized spacial score (nSPS) is 18.9. The van der Waals surface area contributed by atoms with E-state index < -0.39 is 36.4 Å². The number of carbonyl (C=O) groups is 3. The number of halogens is 5. The number of likely N-dealkylation sites (tertiary alicyclic amines) is 2. The second kappa shape index (κ2) is 14.0. The smallest absolute Gasteiger partial charge is 0.422 e. The first-order valence-electron chi connectivity index (χ1n) is 16.6. The predicted octanol–water partition coefficient (Wildman–Crippen LogP) is 5.79. The molecule has 1 saturated carbocycles. The van der Waals surface area contributed by atoms with Gasteiger partial charge in [0.2, 0.25) is 5.95 Å². The van der Waals surface area contributed by atoms with Crippen molar-refractivity contribution >= 4 is 46.6 Å². The quantitative estimate of drug-likeness (QED) is 0.163. The molecular formula is C36H32ClF4N7O4. The SMILES string of the molecule is O=C(Nc1ccc(F)cc1)C(=O)N1CC2CN(C(=O)c3ccc(Nc4nc(CC5(c6ccc(Cl)cc6)CC5)nc(OCC(F)(F)F)n4)cc3)CC2C1. The Kier molecular flexibility index (Phi) is 9.46. The van der Waals surface area contributed by atoms with Crippen molar-refractivity contribution in [2.45, 2.75) is 30.9 Å². The van der Waals surface area contributed by atoms with Crippen LogP contribution in [0.4, 0.5) is 34.9 Å². The van der Waals surface area contributed by atoms with Crippen molar-refractivity contribution in [2.75, 3.05) is 43.4 Å². The highest BCUT2D eigenvalue weighted by atomic mass is 35.5. The topological polar surface area (TPSA) is 130 Å². The summed E-state index contributed by atoms with van der Waals surface area (Å²) in [7, 11) is 0. The van der Waals surface area contributed by atoms with Gasteiger partial charge in [0, 0.05) is 71.8 Å². The first-order chi connectivity index (χ1) is 24.8. The van der Waals surface area contributed by atoms with Crippen molar-refractivity contribution in [1.82, 2.24) is 24.8 Å². The predicted molar refractivity (Wildman–Crippen MR) is 182 cm³/mol. The van der Waals surface area contributed by atoms with Gasteiger partial charge in [-0.3, -0.25) is 14.4 Å². The number of benzene rings is 3. The third-order valence-corrected chi connectivity index (χ3v) is 9.83. The zero-order valence-electron chi connectivity index (χ0n) is 27.5. The number of rotatable bonds is 9. The van der Waals surface area contributed by atoms with Gasteiger partial charge in [0.1, 0.15) is 11.6 Å². The first-order valence-corrected chi connectivity index (χ1v) is 16.9. The molecule has 11 nitrogen and oxygen atoms in total. The number of fused-ring (bicyclic) bond motifs is 1. The Morgan fingerprint density at radius 3 is 2.06 bits per heavy atom. The van der Waals surface area contributed by atoms with Crippen LogP contribution < -0.4 is 15.4 Å². The van der Waals surface area contributed by atoms with Crippen LogP contribution in [0.2, 0.25) is 5.02 Å². The molecule has 270 valence electrons. The van der Waals surface area contributed by atoms with Gasteiger partial charge in [-0.25, -0.2) is 4.39 Å². The molecule has 3 fully saturated rings. The lowest BCUT2D eigenvalue weighted by Crippen LogP contribution is -2.40. The maximum Gasteiger partial charge on any atom is 0.422 e. The molecule has 0 spiro atoms. The van der Waals surface area contributed by atoms with Crippen molar-refractivity contribution < 1.29 is 36.7 Å². The summed E-state index contributed by atoms with van der Waals surface area (Å²) >= 11 is 6.06. The van der Waals surface area contributed by atoms with E-state index in [0.29, 0.717) is 54.6 Å². The molecule has 2 saturated heterocycles. The summed E-state index contributed by atoms with van der Waals surface area (Å²) in [6.07, 6.45) is -2.53. The fraction of sp³-hybridized carbons (Fsp3) is 0.333. The molecule has 4 aromatic rings. The Morgan fingerprint density at radius 2 is 1.44 bits per heavy atom. The van der Waals surface area contributed by atoms with E-state index in [1.165, 1.54) is 29.2 Å². The average molecular weight is 738 g/mol. The van der Waals surface area contributed by atoms with Crippen LogP contribution in [-0.2, 0) is 21.4 Å². The van der Waals surface area contributed by atoms with E-state index in [-0.39, 0.29) is 34.9 Å². The van der Waals surface area contributed by atoms with Crippen LogP contribution in [0.15, 0.2) is 72.8 Å². The van der Waals surface area contributed by atoms with E-state index in [2.05, 4.69) is 25.6 Å². The summed E-state index contributed by atoms with van der Waals surface area (Å²) in [6.45, 7) is -0.0708. The molecule has 52 heavy (non-hydrogen) atoms. The Labute approximate surface area is 300 Å². The molecule has 0 radical (unpaired) electrons. The molecule has 2 atom stereocenters. The van der Waals surface area contributed by atoms with Gasteiger partial charge in [-0.2, -0.15) is 28.1 Å². The van der Waals surface area contributed by atoms with Crippen LogP contribution in [-0.4, -0.2) is 81.4 Å². The number of alkyl halides is 3. The van der Waals surface area contributed by atoms with Gasteiger partial charge in [0.25, 0.3) is 5.91 Å². The fourth-order valence-electron chi connectivity index (χ4n) is 6.76. The van der Waals surface area contributed by atoms with Crippen LogP contribution >= 0.6 is 11.6 Å². The highest BCUT2D eigenvalue weighted by molar-refractivity contribution is 6.39. The van der Waals surface area contributed by atoms with Gasteiger partial charge in [0.05, 0.1) is 0 Å². The molecule has 16 heteroatoms. The summed E-state index contributed by atoms with van der Waals surface area (Å²) in [5, 5.41) is 6.08. The summed E-state index contributed by atoms with van der Waals surface area (Å²) in [5.74, 6) is -1.88. The molecule has 3 aliphatic rings. The lowest BCUT2D eigenvalue weighted by atomic mass is 9.92. The van der Waals surface area contributed by atoms with Crippen LogP contribution in [0.5, 0.6) is 6.01 Å². The van der Waals surface area contributed by atoms with Gasteiger partial charge in [-0.15, -0.1) is 0 Å². The monoisotopic (exact) mass is 737 g/mol. The lowest BCUT2D eigenvalue weighted by Gasteiger charge is -2.21. The third-order valence-electron chi connectivity index (χ3n) is 9.58. The maximum atomic E-state index is 13.4. The van der Waals surface area contributed by atoms with Gasteiger partial charge in [-0.1, -0.05) is 23.7 Å².